The third-order valence-corrected chi connectivity index (χ3v) is 5.12. The summed E-state index contributed by atoms with van der Waals surface area (Å²) in [5.74, 6) is 0. The molecule has 0 aliphatic rings. The maximum absolute atomic E-state index is 12.4. The van der Waals surface area contributed by atoms with E-state index in [-0.39, 0.29) is 4.83 Å². The lowest BCUT2D eigenvalue weighted by atomic mass is 10.2. The number of sulfonamides is 1. The van der Waals surface area contributed by atoms with Crippen LogP contribution >= 0.6 is 15.9 Å². The van der Waals surface area contributed by atoms with Gasteiger partial charge in [-0.25, -0.2) is 8.42 Å². The van der Waals surface area contributed by atoms with Gasteiger partial charge in [0, 0.05) is 20.7 Å². The number of halogens is 1. The van der Waals surface area contributed by atoms with Gasteiger partial charge in [-0.05, 0) is 18.6 Å². The van der Waals surface area contributed by atoms with Gasteiger partial charge in [0.2, 0.25) is 10.0 Å². The van der Waals surface area contributed by atoms with Crippen molar-refractivity contribution in [3.05, 3.63) is 29.8 Å². The molecule has 4 nitrogen and oxygen atoms in total. The van der Waals surface area contributed by atoms with Crippen LogP contribution < -0.4 is 0 Å². The Morgan fingerprint density at radius 1 is 1.39 bits per heavy atom. The van der Waals surface area contributed by atoms with Gasteiger partial charge in [0.15, 0.2) is 0 Å². The first-order valence-electron chi connectivity index (χ1n) is 5.54. The molecule has 0 aliphatic carbocycles. The minimum atomic E-state index is -3.44. The van der Waals surface area contributed by atoms with E-state index in [2.05, 4.69) is 15.9 Å². The second-order valence-corrected chi connectivity index (χ2v) is 7.41. The zero-order valence-electron chi connectivity index (χ0n) is 10.8. The van der Waals surface area contributed by atoms with E-state index in [4.69, 9.17) is 4.74 Å². The largest absolute Gasteiger partial charge is 0.383 e. The van der Waals surface area contributed by atoms with Crippen LogP contribution in [0.4, 0.5) is 0 Å². The topological polar surface area (TPSA) is 46.6 Å². The molecular formula is C12H18BrNO3S. The maximum Gasteiger partial charge on any atom is 0.243 e. The molecule has 1 unspecified atom stereocenters. The fourth-order valence-corrected chi connectivity index (χ4v) is 3.95. The molecule has 102 valence electrons. The molecule has 1 rings (SSSR count). The number of hydrogen-bond donors (Lipinski definition) is 0. The van der Waals surface area contributed by atoms with Crippen LogP contribution in [-0.4, -0.2) is 44.9 Å². The van der Waals surface area contributed by atoms with Crippen LogP contribution in [0.2, 0.25) is 0 Å². The summed E-state index contributed by atoms with van der Waals surface area (Å²) in [6.07, 6.45) is 0. The highest BCUT2D eigenvalue weighted by molar-refractivity contribution is 9.09. The minimum Gasteiger partial charge on any atom is -0.383 e. The summed E-state index contributed by atoms with van der Waals surface area (Å²) in [5, 5.41) is 0. The molecule has 0 heterocycles. The van der Waals surface area contributed by atoms with Crippen molar-refractivity contribution in [2.24, 2.45) is 0 Å². The molecule has 0 saturated heterocycles. The van der Waals surface area contributed by atoms with Gasteiger partial charge in [-0.1, -0.05) is 34.1 Å². The van der Waals surface area contributed by atoms with Gasteiger partial charge in [0.05, 0.1) is 16.3 Å². The lowest BCUT2D eigenvalue weighted by molar-refractivity contribution is 0.195. The summed E-state index contributed by atoms with van der Waals surface area (Å²) in [7, 11) is -0.273. The highest BCUT2D eigenvalue weighted by Gasteiger charge is 2.24. The zero-order chi connectivity index (χ0) is 13.8. The second-order valence-electron chi connectivity index (χ2n) is 4.10. The Labute approximate surface area is 117 Å². The second kappa shape index (κ2) is 6.65. The average Bonchev–Trinajstić information content (AvgIpc) is 2.29. The normalized spacial score (nSPS) is 13.8. The summed E-state index contributed by atoms with van der Waals surface area (Å²) >= 11 is 3.39. The lowest BCUT2D eigenvalue weighted by Gasteiger charge is -2.20. The molecule has 0 amide bonds. The molecule has 18 heavy (non-hydrogen) atoms. The van der Waals surface area contributed by atoms with Gasteiger partial charge in [-0.2, -0.15) is 4.31 Å². The van der Waals surface area contributed by atoms with E-state index >= 15 is 0 Å². The summed E-state index contributed by atoms with van der Waals surface area (Å²) in [6.45, 7) is 2.62. The summed E-state index contributed by atoms with van der Waals surface area (Å²) in [4.78, 5) is 0.330. The summed E-state index contributed by atoms with van der Waals surface area (Å²) in [5.41, 5.74) is 0.752. The average molecular weight is 336 g/mol. The molecule has 0 aromatic heterocycles. The highest BCUT2D eigenvalue weighted by atomic mass is 79.9. The van der Waals surface area contributed by atoms with Crippen LogP contribution in [0.25, 0.3) is 0 Å². The zero-order valence-corrected chi connectivity index (χ0v) is 13.2. The third kappa shape index (κ3) is 3.78. The van der Waals surface area contributed by atoms with E-state index in [0.717, 1.165) is 5.56 Å². The van der Waals surface area contributed by atoms with Crippen molar-refractivity contribution in [1.82, 2.24) is 4.31 Å². The predicted octanol–water partition coefficient (Wildman–Crippen LogP) is 2.03. The Kier molecular flexibility index (Phi) is 5.78. The Morgan fingerprint density at radius 3 is 2.56 bits per heavy atom. The van der Waals surface area contributed by atoms with Crippen molar-refractivity contribution in [1.29, 1.82) is 0 Å². The first-order valence-corrected chi connectivity index (χ1v) is 7.90. The maximum atomic E-state index is 12.4. The van der Waals surface area contributed by atoms with E-state index in [1.54, 1.807) is 39.3 Å². The van der Waals surface area contributed by atoms with Crippen molar-refractivity contribution < 1.29 is 13.2 Å². The van der Waals surface area contributed by atoms with Gasteiger partial charge in [0.1, 0.15) is 0 Å². The summed E-state index contributed by atoms with van der Waals surface area (Å²) in [6, 6.07) is 6.98. The quantitative estimate of drug-likeness (QED) is 0.747. The fraction of sp³-hybridized carbons (Fsp3) is 0.500. The number of ether oxygens (including phenoxy) is 1. The van der Waals surface area contributed by atoms with E-state index in [9.17, 15) is 8.42 Å². The third-order valence-electron chi connectivity index (χ3n) is 2.58. The first-order chi connectivity index (χ1) is 8.39. The Balaban J connectivity index is 2.90. The highest BCUT2D eigenvalue weighted by Crippen LogP contribution is 2.19. The number of alkyl halides is 1. The molecule has 0 saturated carbocycles. The molecule has 0 aliphatic heterocycles. The number of benzene rings is 1. The monoisotopic (exact) mass is 335 g/mol. The molecular weight excluding hydrogens is 318 g/mol. The van der Waals surface area contributed by atoms with E-state index in [1.807, 2.05) is 6.07 Å². The molecule has 0 radical (unpaired) electrons. The van der Waals surface area contributed by atoms with Crippen molar-refractivity contribution in [2.75, 3.05) is 27.3 Å². The van der Waals surface area contributed by atoms with Gasteiger partial charge < -0.3 is 4.74 Å². The smallest absolute Gasteiger partial charge is 0.243 e. The Hall–Kier alpha value is -0.430. The molecule has 0 fully saturated rings. The van der Waals surface area contributed by atoms with Crippen molar-refractivity contribution in [3.63, 3.8) is 0 Å². The number of aryl methyl sites for hydroxylation is 1. The van der Waals surface area contributed by atoms with Crippen molar-refractivity contribution >= 4 is 26.0 Å². The molecule has 0 spiro atoms. The van der Waals surface area contributed by atoms with Crippen LogP contribution in [-0.2, 0) is 14.8 Å². The molecule has 1 atom stereocenters. The van der Waals surface area contributed by atoms with E-state index in [1.165, 1.54) is 4.31 Å². The Morgan fingerprint density at radius 2 is 2.00 bits per heavy atom. The number of hydrogen-bond acceptors (Lipinski definition) is 3. The van der Waals surface area contributed by atoms with E-state index in [0.29, 0.717) is 18.0 Å². The van der Waals surface area contributed by atoms with Gasteiger partial charge >= 0.3 is 0 Å². The fourth-order valence-electron chi connectivity index (χ4n) is 1.62. The van der Waals surface area contributed by atoms with Gasteiger partial charge in [-0.15, -0.1) is 0 Å². The van der Waals surface area contributed by atoms with Crippen molar-refractivity contribution in [3.8, 4) is 0 Å². The standard InChI is InChI=1S/C12H18BrNO3S/c1-10-6-4-5-7-12(10)18(15,16)14(2)8-11(13)9-17-3/h4-7,11H,8-9H2,1-3H3. The Bertz CT molecular complexity index is 490. The van der Waals surface area contributed by atoms with Crippen LogP contribution in [0.5, 0.6) is 0 Å². The number of nitrogens with zero attached hydrogens (tertiary/aromatic N) is 1. The molecule has 0 bridgehead atoms. The lowest BCUT2D eigenvalue weighted by Crippen LogP contribution is -2.34. The van der Waals surface area contributed by atoms with Crippen LogP contribution in [0.1, 0.15) is 5.56 Å². The molecule has 0 N–H and O–H groups in total. The van der Waals surface area contributed by atoms with E-state index < -0.39 is 10.0 Å². The van der Waals surface area contributed by atoms with Crippen molar-refractivity contribution in [2.45, 2.75) is 16.6 Å². The molecule has 1 aromatic rings. The predicted molar refractivity (Wildman–Crippen MR) is 75.6 cm³/mol. The van der Waals surface area contributed by atoms with Crippen LogP contribution in [0.3, 0.4) is 0 Å². The van der Waals surface area contributed by atoms with Gasteiger partial charge in [-0.3, -0.25) is 0 Å². The summed E-state index contributed by atoms with van der Waals surface area (Å²) < 4.78 is 31.0. The number of methoxy groups -OCH3 is 1. The molecule has 6 heteroatoms. The first kappa shape index (κ1) is 15.6. The van der Waals surface area contributed by atoms with Crippen LogP contribution in [0.15, 0.2) is 29.2 Å². The van der Waals surface area contributed by atoms with Gasteiger partial charge in [0.25, 0.3) is 0 Å². The van der Waals surface area contributed by atoms with Crippen LogP contribution in [0, 0.1) is 6.92 Å². The molecule has 1 aromatic carbocycles. The minimum absolute atomic E-state index is 0.0220. The number of rotatable bonds is 6. The SMILES string of the molecule is COCC(Br)CN(C)S(=O)(=O)c1ccccc1C.